The largest absolute Gasteiger partial charge is 0.481 e. The lowest BCUT2D eigenvalue weighted by atomic mass is 10.1. The minimum atomic E-state index is -0.879. The maximum atomic E-state index is 11.7. The highest BCUT2D eigenvalue weighted by Gasteiger charge is 2.11. The molecule has 0 aromatic rings. The van der Waals surface area contributed by atoms with Crippen LogP contribution in [0, 0.1) is 0 Å². The molecule has 0 heterocycles. The molecule has 0 fully saturated rings. The van der Waals surface area contributed by atoms with Crippen LogP contribution in [0.3, 0.4) is 0 Å². The Bertz CT molecular complexity index is 372. The maximum absolute atomic E-state index is 11.7. The molecule has 1 amide bonds. The molecule has 0 saturated heterocycles. The van der Waals surface area contributed by atoms with Crippen LogP contribution in [0.5, 0.6) is 0 Å². The van der Waals surface area contributed by atoms with Crippen molar-refractivity contribution >= 4 is 11.9 Å². The van der Waals surface area contributed by atoms with Gasteiger partial charge in [0.1, 0.15) is 0 Å². The highest BCUT2D eigenvalue weighted by molar-refractivity contribution is 5.81. The zero-order valence-corrected chi connectivity index (χ0v) is 16.0. The Hall–Kier alpha value is -1.30. The first-order valence-corrected chi connectivity index (χ1v) is 9.34. The van der Waals surface area contributed by atoms with Gasteiger partial charge in [-0.15, -0.1) is 0 Å². The number of unbranched alkanes of at least 4 members (excludes halogenated alkanes) is 1. The molecule has 0 aromatic carbocycles. The minimum Gasteiger partial charge on any atom is -0.481 e. The third-order valence-corrected chi connectivity index (χ3v) is 3.43. The molecule has 0 aromatic heterocycles. The molecule has 27 heavy (non-hydrogen) atoms. The molecule has 10 nitrogen and oxygen atoms in total. The van der Waals surface area contributed by atoms with Crippen LogP contribution < -0.4 is 16.8 Å². The van der Waals surface area contributed by atoms with Crippen molar-refractivity contribution in [1.29, 1.82) is 0 Å². The summed E-state index contributed by atoms with van der Waals surface area (Å²) in [6.07, 6.45) is 2.35. The second kappa shape index (κ2) is 19.5. The van der Waals surface area contributed by atoms with Crippen molar-refractivity contribution in [2.75, 3.05) is 65.9 Å². The first-order chi connectivity index (χ1) is 13.1. The number of hydrogen-bond acceptors (Lipinski definition) is 8. The number of carboxylic acids is 1. The first-order valence-electron chi connectivity index (χ1n) is 9.34. The Morgan fingerprint density at radius 2 is 1.37 bits per heavy atom. The van der Waals surface area contributed by atoms with Crippen LogP contribution in [0.1, 0.15) is 25.7 Å². The predicted molar refractivity (Wildman–Crippen MR) is 99.4 cm³/mol. The van der Waals surface area contributed by atoms with Gasteiger partial charge in [-0.3, -0.25) is 9.59 Å². The molecule has 0 aliphatic rings. The molecule has 0 spiro atoms. The molecule has 0 aliphatic carbocycles. The molecule has 0 unspecified atom stereocenters. The third kappa shape index (κ3) is 19.3. The highest BCUT2D eigenvalue weighted by Crippen LogP contribution is 1.97. The lowest BCUT2D eigenvalue weighted by Gasteiger charge is -2.12. The molecule has 10 heteroatoms. The molecular formula is C17H35N3O7. The van der Waals surface area contributed by atoms with E-state index in [1.165, 1.54) is 0 Å². The van der Waals surface area contributed by atoms with E-state index in [4.69, 9.17) is 35.5 Å². The van der Waals surface area contributed by atoms with E-state index < -0.39 is 12.0 Å². The number of nitrogens with two attached hydrogens (primary N) is 2. The minimum absolute atomic E-state index is 0.00557. The van der Waals surface area contributed by atoms with Crippen LogP contribution in [-0.2, 0) is 28.5 Å². The van der Waals surface area contributed by atoms with E-state index >= 15 is 0 Å². The van der Waals surface area contributed by atoms with E-state index in [0.29, 0.717) is 65.8 Å². The summed E-state index contributed by atoms with van der Waals surface area (Å²) in [4.78, 5) is 21.9. The van der Waals surface area contributed by atoms with Crippen LogP contribution in [0.15, 0.2) is 0 Å². The van der Waals surface area contributed by atoms with Crippen molar-refractivity contribution in [3.8, 4) is 0 Å². The average molecular weight is 393 g/mol. The molecule has 0 aliphatic heterocycles. The van der Waals surface area contributed by atoms with Crippen molar-refractivity contribution < 1.29 is 33.6 Å². The number of ether oxygens (including phenoxy) is 4. The number of nitrogens with one attached hydrogen (secondary N) is 1. The van der Waals surface area contributed by atoms with Gasteiger partial charge in [0, 0.05) is 6.54 Å². The van der Waals surface area contributed by atoms with Gasteiger partial charge in [0.2, 0.25) is 5.91 Å². The number of aliphatic carboxylic acids is 1. The summed E-state index contributed by atoms with van der Waals surface area (Å²) in [7, 11) is 0. The zero-order chi connectivity index (χ0) is 20.2. The fraction of sp³-hybridized carbons (Fsp3) is 0.882. The summed E-state index contributed by atoms with van der Waals surface area (Å²) >= 11 is 0. The van der Waals surface area contributed by atoms with Crippen molar-refractivity contribution in [3.63, 3.8) is 0 Å². The normalized spacial score (nSPS) is 12.1. The second-order valence-corrected chi connectivity index (χ2v) is 5.78. The van der Waals surface area contributed by atoms with Crippen molar-refractivity contribution in [2.24, 2.45) is 11.5 Å². The number of hydrogen-bond donors (Lipinski definition) is 4. The fourth-order valence-electron chi connectivity index (χ4n) is 1.94. The summed E-state index contributed by atoms with van der Waals surface area (Å²) < 4.78 is 21.0. The Labute approximate surface area is 160 Å². The van der Waals surface area contributed by atoms with E-state index in [0.717, 1.165) is 12.8 Å². The predicted octanol–water partition coefficient (Wildman–Crippen LogP) is -0.900. The zero-order valence-electron chi connectivity index (χ0n) is 16.0. The standard InChI is InChI=1S/C17H35N3O7/c18-5-2-1-3-15(19)17(23)20-6-8-25-10-12-27-14-13-26-11-9-24-7-4-16(21)22/h15H,1-14,18-19H2,(H,20,23)(H,21,22)/t15-/m0/s1. The Morgan fingerprint density at radius 1 is 0.852 bits per heavy atom. The van der Waals surface area contributed by atoms with Gasteiger partial charge in [-0.05, 0) is 19.4 Å². The highest BCUT2D eigenvalue weighted by atomic mass is 16.6. The van der Waals surface area contributed by atoms with E-state index in [2.05, 4.69) is 5.32 Å². The summed E-state index contributed by atoms with van der Waals surface area (Å²) in [6.45, 7) is 4.09. The van der Waals surface area contributed by atoms with Crippen LogP contribution in [0.4, 0.5) is 0 Å². The summed E-state index contributed by atoms with van der Waals surface area (Å²) in [5.41, 5.74) is 11.2. The lowest BCUT2D eigenvalue weighted by Crippen LogP contribution is -2.41. The summed E-state index contributed by atoms with van der Waals surface area (Å²) in [6, 6.07) is -0.498. The smallest absolute Gasteiger partial charge is 0.305 e. The van der Waals surface area contributed by atoms with Gasteiger partial charge < -0.3 is 40.8 Å². The summed E-state index contributed by atoms with van der Waals surface area (Å²) in [5, 5.41) is 11.2. The van der Waals surface area contributed by atoms with Gasteiger partial charge in [0.05, 0.1) is 65.3 Å². The number of rotatable bonds is 20. The van der Waals surface area contributed by atoms with Crippen molar-refractivity contribution in [2.45, 2.75) is 31.7 Å². The maximum Gasteiger partial charge on any atom is 0.305 e. The van der Waals surface area contributed by atoms with Gasteiger partial charge >= 0.3 is 5.97 Å². The van der Waals surface area contributed by atoms with E-state index in [-0.39, 0.29) is 18.9 Å². The van der Waals surface area contributed by atoms with Crippen LogP contribution in [0.2, 0.25) is 0 Å². The lowest BCUT2D eigenvalue weighted by molar-refractivity contribution is -0.138. The number of carboxylic acid groups (broad SMARTS) is 1. The third-order valence-electron chi connectivity index (χ3n) is 3.43. The topological polar surface area (TPSA) is 155 Å². The Kier molecular flexibility index (Phi) is 18.5. The number of carbonyl (C=O) groups is 2. The Balaban J connectivity index is 3.22. The monoisotopic (exact) mass is 393 g/mol. The summed E-state index contributed by atoms with van der Waals surface area (Å²) in [5.74, 6) is -1.05. The van der Waals surface area contributed by atoms with Crippen molar-refractivity contribution in [1.82, 2.24) is 5.32 Å². The van der Waals surface area contributed by atoms with Gasteiger partial charge in [0.15, 0.2) is 0 Å². The molecule has 1 atom stereocenters. The Morgan fingerprint density at radius 3 is 1.89 bits per heavy atom. The van der Waals surface area contributed by atoms with E-state index in [9.17, 15) is 9.59 Å². The fourth-order valence-corrected chi connectivity index (χ4v) is 1.94. The number of amides is 1. The van der Waals surface area contributed by atoms with Gasteiger partial charge in [-0.2, -0.15) is 0 Å². The van der Waals surface area contributed by atoms with Crippen LogP contribution in [0.25, 0.3) is 0 Å². The van der Waals surface area contributed by atoms with E-state index in [1.807, 2.05) is 0 Å². The van der Waals surface area contributed by atoms with Crippen LogP contribution >= 0.6 is 0 Å². The molecule has 160 valence electrons. The molecule has 0 bridgehead atoms. The molecular weight excluding hydrogens is 358 g/mol. The van der Waals surface area contributed by atoms with Crippen molar-refractivity contribution in [3.05, 3.63) is 0 Å². The molecule has 0 saturated carbocycles. The number of carbonyl (C=O) groups excluding carboxylic acids is 1. The quantitative estimate of drug-likeness (QED) is 0.193. The van der Waals surface area contributed by atoms with Gasteiger partial charge in [-0.25, -0.2) is 0 Å². The van der Waals surface area contributed by atoms with Crippen LogP contribution in [-0.4, -0.2) is 89.0 Å². The molecule has 0 rings (SSSR count). The average Bonchev–Trinajstić information content (AvgIpc) is 2.64. The molecule has 6 N–H and O–H groups in total. The van der Waals surface area contributed by atoms with Gasteiger partial charge in [-0.1, -0.05) is 6.42 Å². The first kappa shape index (κ1) is 25.7. The molecule has 0 radical (unpaired) electrons. The van der Waals surface area contributed by atoms with E-state index in [1.54, 1.807) is 0 Å². The second-order valence-electron chi connectivity index (χ2n) is 5.78. The SMILES string of the molecule is NCCCC[C@H](N)C(=O)NCCOCCOCCOCCOCCC(=O)O. The van der Waals surface area contributed by atoms with Gasteiger partial charge in [0.25, 0.3) is 0 Å².